The van der Waals surface area contributed by atoms with Crippen LogP contribution in [0.15, 0.2) is 35.3 Å². The molecule has 0 radical (unpaired) electrons. The molecule has 0 saturated heterocycles. The smallest absolute Gasteiger partial charge is 0.279 e. The number of amides is 1. The number of aryl methyl sites for hydroxylation is 1. The number of thiazole rings is 1. The maximum absolute atomic E-state index is 13.2. The molecule has 3 rings (SSSR count). The minimum atomic E-state index is -0.360. The van der Waals surface area contributed by atoms with Crippen molar-refractivity contribution >= 4 is 27.5 Å². The van der Waals surface area contributed by atoms with Gasteiger partial charge in [-0.1, -0.05) is 18.3 Å². The Bertz CT molecular complexity index is 1140. The maximum Gasteiger partial charge on any atom is 0.279 e. The summed E-state index contributed by atoms with van der Waals surface area (Å²) in [6.07, 6.45) is 0.923. The number of carbonyl (C=O) groups is 1. The van der Waals surface area contributed by atoms with Crippen molar-refractivity contribution in [2.75, 3.05) is 26.4 Å². The fraction of sp³-hybridized carbons (Fsp3) is 0.440. The molecule has 0 N–H and O–H groups in total. The highest BCUT2D eigenvalue weighted by molar-refractivity contribution is 7.16. The van der Waals surface area contributed by atoms with Gasteiger partial charge in [0.2, 0.25) is 5.75 Å². The van der Waals surface area contributed by atoms with Crippen molar-refractivity contribution in [3.05, 3.63) is 40.7 Å². The molecule has 7 nitrogen and oxygen atoms in total. The van der Waals surface area contributed by atoms with Gasteiger partial charge in [0.25, 0.3) is 5.91 Å². The first-order chi connectivity index (χ1) is 16.1. The van der Waals surface area contributed by atoms with Gasteiger partial charge in [0.1, 0.15) is 5.75 Å². The highest BCUT2D eigenvalue weighted by Crippen LogP contribution is 2.39. The van der Waals surface area contributed by atoms with Crippen LogP contribution >= 0.6 is 11.3 Å². The Labute approximate surface area is 198 Å². The van der Waals surface area contributed by atoms with Gasteiger partial charge < -0.3 is 23.5 Å². The van der Waals surface area contributed by atoms with E-state index in [0.29, 0.717) is 54.0 Å². The van der Waals surface area contributed by atoms with Crippen molar-refractivity contribution in [2.24, 2.45) is 4.99 Å². The van der Waals surface area contributed by atoms with E-state index in [4.69, 9.17) is 18.9 Å². The summed E-state index contributed by atoms with van der Waals surface area (Å²) in [6.45, 7) is 12.4. The molecule has 0 aliphatic heterocycles. The van der Waals surface area contributed by atoms with Crippen LogP contribution in [-0.4, -0.2) is 36.9 Å². The molecule has 1 amide bonds. The van der Waals surface area contributed by atoms with Gasteiger partial charge in [0.05, 0.1) is 36.6 Å². The SMILES string of the molecule is CCCn1c(=NC(=O)c2cc(OCC)c(OCC)c(OCC)c2)sc2cc(OCC)ccc21. The summed E-state index contributed by atoms with van der Waals surface area (Å²) in [5.41, 5.74) is 1.43. The summed E-state index contributed by atoms with van der Waals surface area (Å²) in [5.74, 6) is 1.90. The Morgan fingerprint density at radius 1 is 0.879 bits per heavy atom. The molecule has 1 heterocycles. The van der Waals surface area contributed by atoms with E-state index in [2.05, 4.69) is 16.5 Å². The normalized spacial score (nSPS) is 11.6. The van der Waals surface area contributed by atoms with Crippen LogP contribution in [0, 0.1) is 0 Å². The van der Waals surface area contributed by atoms with Crippen LogP contribution in [0.1, 0.15) is 51.4 Å². The molecule has 3 aromatic rings. The Morgan fingerprint density at radius 2 is 1.52 bits per heavy atom. The largest absolute Gasteiger partial charge is 0.494 e. The first-order valence-electron chi connectivity index (χ1n) is 11.5. The number of fused-ring (bicyclic) bond motifs is 1. The summed E-state index contributed by atoms with van der Waals surface area (Å²) in [7, 11) is 0. The molecule has 0 fully saturated rings. The molecule has 0 aliphatic carbocycles. The molecule has 8 heteroatoms. The molecule has 178 valence electrons. The lowest BCUT2D eigenvalue weighted by molar-refractivity contribution is 0.0996. The molecule has 0 unspecified atom stereocenters. The van der Waals surface area contributed by atoms with Gasteiger partial charge in [-0.05, 0) is 64.4 Å². The molecule has 0 atom stereocenters. The number of rotatable bonds is 11. The molecule has 33 heavy (non-hydrogen) atoms. The van der Waals surface area contributed by atoms with Gasteiger partial charge in [0.15, 0.2) is 16.3 Å². The standard InChI is InChI=1S/C25H32N2O5S/c1-6-13-27-19-12-11-18(29-7-2)16-22(19)33-25(27)26-24(28)17-14-20(30-8-3)23(32-10-5)21(15-17)31-9-4/h11-12,14-16H,6-10,13H2,1-5H3. The highest BCUT2D eigenvalue weighted by Gasteiger charge is 2.19. The lowest BCUT2D eigenvalue weighted by Gasteiger charge is -2.16. The fourth-order valence-corrected chi connectivity index (χ4v) is 4.58. The minimum absolute atomic E-state index is 0.360. The van der Waals surface area contributed by atoms with Crippen molar-refractivity contribution in [3.8, 4) is 23.0 Å². The number of hydrogen-bond acceptors (Lipinski definition) is 6. The predicted octanol–water partition coefficient (Wildman–Crippen LogP) is 5.45. The highest BCUT2D eigenvalue weighted by atomic mass is 32.1. The lowest BCUT2D eigenvalue weighted by atomic mass is 10.1. The minimum Gasteiger partial charge on any atom is -0.494 e. The Hall–Kier alpha value is -3.00. The second-order valence-corrected chi connectivity index (χ2v) is 8.13. The molecule has 0 bridgehead atoms. The molecular formula is C25H32N2O5S. The molecule has 1 aromatic heterocycles. The first kappa shape index (κ1) is 24.6. The van der Waals surface area contributed by atoms with E-state index in [1.54, 1.807) is 12.1 Å². The van der Waals surface area contributed by atoms with E-state index in [0.717, 1.165) is 28.9 Å². The third-order valence-electron chi connectivity index (χ3n) is 4.77. The number of nitrogens with zero attached hydrogens (tertiary/aromatic N) is 2. The van der Waals surface area contributed by atoms with Gasteiger partial charge in [-0.25, -0.2) is 0 Å². The zero-order chi connectivity index (χ0) is 23.8. The molecule has 2 aromatic carbocycles. The van der Waals surface area contributed by atoms with Gasteiger partial charge in [-0.15, -0.1) is 0 Å². The average molecular weight is 473 g/mol. The molecular weight excluding hydrogens is 440 g/mol. The number of carbonyl (C=O) groups excluding carboxylic acids is 1. The van der Waals surface area contributed by atoms with Crippen molar-refractivity contribution in [3.63, 3.8) is 0 Å². The van der Waals surface area contributed by atoms with Crippen molar-refractivity contribution < 1.29 is 23.7 Å². The number of hydrogen-bond donors (Lipinski definition) is 0. The second kappa shape index (κ2) is 11.7. The quantitative estimate of drug-likeness (QED) is 0.371. The third-order valence-corrected chi connectivity index (χ3v) is 5.81. The molecule has 0 aliphatic rings. The Balaban J connectivity index is 2.11. The van der Waals surface area contributed by atoms with Gasteiger partial charge in [-0.2, -0.15) is 4.99 Å². The van der Waals surface area contributed by atoms with Crippen LogP contribution < -0.4 is 23.7 Å². The van der Waals surface area contributed by atoms with E-state index in [9.17, 15) is 4.79 Å². The Morgan fingerprint density at radius 3 is 2.09 bits per heavy atom. The summed E-state index contributed by atoms with van der Waals surface area (Å²) in [5, 5.41) is 0. The number of benzene rings is 2. The van der Waals surface area contributed by atoms with Crippen LogP contribution in [-0.2, 0) is 6.54 Å². The maximum atomic E-state index is 13.2. The van der Waals surface area contributed by atoms with Crippen LogP contribution in [0.2, 0.25) is 0 Å². The van der Waals surface area contributed by atoms with E-state index in [1.165, 1.54) is 11.3 Å². The lowest BCUT2D eigenvalue weighted by Crippen LogP contribution is -2.17. The predicted molar refractivity (Wildman–Crippen MR) is 131 cm³/mol. The zero-order valence-electron chi connectivity index (χ0n) is 20.0. The number of aromatic nitrogens is 1. The zero-order valence-corrected chi connectivity index (χ0v) is 20.8. The van der Waals surface area contributed by atoms with Crippen LogP contribution in [0.25, 0.3) is 10.2 Å². The summed E-state index contributed by atoms with van der Waals surface area (Å²) in [6, 6.07) is 9.32. The van der Waals surface area contributed by atoms with Gasteiger partial charge >= 0.3 is 0 Å². The Kier molecular flexibility index (Phi) is 8.77. The van der Waals surface area contributed by atoms with Crippen molar-refractivity contribution in [1.29, 1.82) is 0 Å². The molecule has 0 saturated carbocycles. The van der Waals surface area contributed by atoms with E-state index in [-0.39, 0.29) is 5.91 Å². The van der Waals surface area contributed by atoms with Crippen molar-refractivity contribution in [1.82, 2.24) is 4.57 Å². The second-order valence-electron chi connectivity index (χ2n) is 7.12. The molecule has 0 spiro atoms. The van der Waals surface area contributed by atoms with E-state index < -0.39 is 0 Å². The third kappa shape index (κ3) is 5.68. The van der Waals surface area contributed by atoms with Crippen LogP contribution in [0.4, 0.5) is 0 Å². The summed E-state index contributed by atoms with van der Waals surface area (Å²) >= 11 is 1.48. The van der Waals surface area contributed by atoms with E-state index in [1.807, 2.05) is 45.9 Å². The first-order valence-corrected chi connectivity index (χ1v) is 12.3. The van der Waals surface area contributed by atoms with Crippen LogP contribution in [0.5, 0.6) is 23.0 Å². The van der Waals surface area contributed by atoms with Gasteiger partial charge in [-0.3, -0.25) is 4.79 Å². The van der Waals surface area contributed by atoms with Crippen molar-refractivity contribution in [2.45, 2.75) is 47.6 Å². The summed E-state index contributed by atoms with van der Waals surface area (Å²) < 4.78 is 26.0. The van der Waals surface area contributed by atoms with Gasteiger partial charge in [0, 0.05) is 12.1 Å². The fourth-order valence-electron chi connectivity index (χ4n) is 3.50. The average Bonchev–Trinajstić information content (AvgIpc) is 3.12. The monoisotopic (exact) mass is 472 g/mol. The number of ether oxygens (including phenoxy) is 4. The van der Waals surface area contributed by atoms with E-state index >= 15 is 0 Å². The topological polar surface area (TPSA) is 71.3 Å². The summed E-state index contributed by atoms with van der Waals surface area (Å²) in [4.78, 5) is 18.4. The van der Waals surface area contributed by atoms with Crippen LogP contribution in [0.3, 0.4) is 0 Å².